The minimum Gasteiger partial charge on any atom is -0.338 e. The normalized spacial score (nSPS) is 14.7. The van der Waals surface area contributed by atoms with Crippen LogP contribution in [-0.4, -0.2) is 49.4 Å². The molecular formula is C24H30N6O2. The number of piperidine rings is 1. The molecule has 1 N–H and O–H groups in total. The number of carbonyl (C=O) groups is 2. The second kappa shape index (κ2) is 9.80. The summed E-state index contributed by atoms with van der Waals surface area (Å²) in [5.74, 6) is 0.710. The van der Waals surface area contributed by atoms with E-state index in [2.05, 4.69) is 15.5 Å². The number of benzene rings is 1. The largest absolute Gasteiger partial charge is 0.338 e. The Hall–Kier alpha value is -3.42. The summed E-state index contributed by atoms with van der Waals surface area (Å²) in [6.07, 6.45) is 7.88. The van der Waals surface area contributed by atoms with E-state index in [1.54, 1.807) is 17.1 Å². The highest BCUT2D eigenvalue weighted by atomic mass is 16.2. The summed E-state index contributed by atoms with van der Waals surface area (Å²) in [4.78, 5) is 27.2. The summed E-state index contributed by atoms with van der Waals surface area (Å²) in [5.41, 5.74) is 1.77. The number of hydrogen-bond donors (Lipinski definition) is 1. The first-order valence-electron chi connectivity index (χ1n) is 11.2. The molecule has 0 aliphatic carbocycles. The fourth-order valence-electron chi connectivity index (χ4n) is 4.04. The van der Waals surface area contributed by atoms with Crippen LogP contribution in [0.15, 0.2) is 55.0 Å². The van der Waals surface area contributed by atoms with Crippen LogP contribution in [0.1, 0.15) is 61.1 Å². The van der Waals surface area contributed by atoms with Crippen molar-refractivity contribution < 1.29 is 9.59 Å². The number of aryl methyl sites for hydroxylation is 1. The summed E-state index contributed by atoms with van der Waals surface area (Å²) in [7, 11) is 0. The zero-order valence-electron chi connectivity index (χ0n) is 18.6. The number of nitrogens with one attached hydrogen (secondary N) is 1. The van der Waals surface area contributed by atoms with Gasteiger partial charge in [-0.05, 0) is 38.7 Å². The Bertz CT molecular complexity index is 1050. The Balaban J connectivity index is 1.31. The van der Waals surface area contributed by atoms with Crippen molar-refractivity contribution in [3.63, 3.8) is 0 Å². The van der Waals surface area contributed by atoms with Crippen LogP contribution in [0.25, 0.3) is 0 Å². The molecule has 0 spiro atoms. The number of anilines is 1. The molecule has 3 heterocycles. The van der Waals surface area contributed by atoms with E-state index in [1.165, 1.54) is 0 Å². The van der Waals surface area contributed by atoms with Crippen LogP contribution in [0, 0.1) is 0 Å². The molecule has 0 atom stereocenters. The highest BCUT2D eigenvalue weighted by molar-refractivity contribution is 5.93. The predicted molar refractivity (Wildman–Crippen MR) is 122 cm³/mol. The third-order valence-electron chi connectivity index (χ3n) is 5.90. The average molecular weight is 435 g/mol. The zero-order valence-corrected chi connectivity index (χ0v) is 18.6. The number of aromatic nitrogens is 4. The van der Waals surface area contributed by atoms with Gasteiger partial charge < -0.3 is 10.2 Å². The molecule has 0 saturated carbocycles. The topological polar surface area (TPSA) is 85.0 Å². The first kappa shape index (κ1) is 21.8. The maximum Gasteiger partial charge on any atom is 0.257 e. The van der Waals surface area contributed by atoms with E-state index in [-0.39, 0.29) is 23.9 Å². The van der Waals surface area contributed by atoms with Gasteiger partial charge in [0, 0.05) is 37.8 Å². The summed E-state index contributed by atoms with van der Waals surface area (Å²) >= 11 is 0. The van der Waals surface area contributed by atoms with E-state index in [1.807, 2.05) is 66.0 Å². The maximum atomic E-state index is 12.8. The average Bonchev–Trinajstić information content (AvgIpc) is 3.48. The molecule has 1 fully saturated rings. The molecule has 8 heteroatoms. The van der Waals surface area contributed by atoms with Crippen molar-refractivity contribution in [3.05, 3.63) is 66.1 Å². The summed E-state index contributed by atoms with van der Waals surface area (Å²) in [6.45, 7) is 5.37. The fraction of sp³-hybridized carbons (Fsp3) is 0.417. The van der Waals surface area contributed by atoms with Crippen molar-refractivity contribution >= 4 is 17.6 Å². The SMILES string of the molecule is CC(C)n1cc(C(=O)N2CCC(n3nccc3NC(=O)CCc3ccccc3)CC2)cn1. The van der Waals surface area contributed by atoms with Crippen molar-refractivity contribution in [3.8, 4) is 0 Å². The Labute approximate surface area is 188 Å². The van der Waals surface area contributed by atoms with Crippen LogP contribution in [0.3, 0.4) is 0 Å². The van der Waals surface area contributed by atoms with Crippen molar-refractivity contribution in [1.82, 2.24) is 24.5 Å². The van der Waals surface area contributed by atoms with E-state index < -0.39 is 0 Å². The van der Waals surface area contributed by atoms with Gasteiger partial charge in [-0.1, -0.05) is 30.3 Å². The smallest absolute Gasteiger partial charge is 0.257 e. The van der Waals surface area contributed by atoms with Crippen molar-refractivity contribution in [2.24, 2.45) is 0 Å². The van der Waals surface area contributed by atoms with Crippen molar-refractivity contribution in [1.29, 1.82) is 0 Å². The van der Waals surface area contributed by atoms with Crippen LogP contribution < -0.4 is 5.32 Å². The third kappa shape index (κ3) is 5.07. The van der Waals surface area contributed by atoms with Crippen LogP contribution in [0.2, 0.25) is 0 Å². The van der Waals surface area contributed by atoms with Crippen LogP contribution >= 0.6 is 0 Å². The second-order valence-corrected chi connectivity index (χ2v) is 8.52. The van der Waals surface area contributed by atoms with Gasteiger partial charge in [-0.2, -0.15) is 10.2 Å². The van der Waals surface area contributed by atoms with E-state index in [0.29, 0.717) is 37.3 Å². The highest BCUT2D eigenvalue weighted by Crippen LogP contribution is 2.26. The molecule has 168 valence electrons. The lowest BCUT2D eigenvalue weighted by molar-refractivity contribution is -0.116. The molecule has 2 amide bonds. The zero-order chi connectivity index (χ0) is 22.5. The first-order chi connectivity index (χ1) is 15.5. The Morgan fingerprint density at radius 3 is 2.53 bits per heavy atom. The minimum atomic E-state index is -0.0228. The number of nitrogens with zero attached hydrogens (tertiary/aromatic N) is 5. The molecule has 1 aliphatic rings. The van der Waals surface area contributed by atoms with Gasteiger partial charge in [-0.15, -0.1) is 0 Å². The number of amides is 2. The summed E-state index contributed by atoms with van der Waals surface area (Å²) < 4.78 is 3.69. The lowest BCUT2D eigenvalue weighted by Crippen LogP contribution is -2.39. The molecule has 0 radical (unpaired) electrons. The number of carbonyl (C=O) groups excluding carboxylic acids is 2. The monoisotopic (exact) mass is 434 g/mol. The van der Waals surface area contributed by atoms with Gasteiger partial charge in [0.1, 0.15) is 5.82 Å². The predicted octanol–water partition coefficient (Wildman–Crippen LogP) is 3.71. The molecule has 4 rings (SSSR count). The Kier molecular flexibility index (Phi) is 6.68. The molecule has 32 heavy (non-hydrogen) atoms. The standard InChI is InChI=1S/C24H30N6O2/c1-18(2)29-17-20(16-26-29)24(32)28-14-11-21(12-15-28)30-22(10-13-25-30)27-23(31)9-8-19-6-4-3-5-7-19/h3-7,10,13,16-18,21H,8-9,11-12,14-15H2,1-2H3,(H,27,31). The highest BCUT2D eigenvalue weighted by Gasteiger charge is 2.27. The number of hydrogen-bond acceptors (Lipinski definition) is 4. The van der Waals surface area contributed by atoms with Crippen molar-refractivity contribution in [2.45, 2.75) is 51.6 Å². The summed E-state index contributed by atoms with van der Waals surface area (Å²) in [5, 5.41) is 11.7. The molecule has 0 bridgehead atoms. The molecule has 0 unspecified atom stereocenters. The first-order valence-corrected chi connectivity index (χ1v) is 11.2. The van der Waals surface area contributed by atoms with E-state index in [9.17, 15) is 9.59 Å². The minimum absolute atomic E-state index is 0.0188. The van der Waals surface area contributed by atoms with Crippen LogP contribution in [-0.2, 0) is 11.2 Å². The second-order valence-electron chi connectivity index (χ2n) is 8.52. The van der Waals surface area contributed by atoms with E-state index >= 15 is 0 Å². The Morgan fingerprint density at radius 1 is 1.09 bits per heavy atom. The molecule has 2 aromatic heterocycles. The van der Waals surface area contributed by atoms with Gasteiger partial charge in [-0.3, -0.25) is 14.3 Å². The Morgan fingerprint density at radius 2 is 1.84 bits per heavy atom. The lowest BCUT2D eigenvalue weighted by atomic mass is 10.0. The quantitative estimate of drug-likeness (QED) is 0.614. The van der Waals surface area contributed by atoms with Gasteiger partial charge in [-0.25, -0.2) is 4.68 Å². The summed E-state index contributed by atoms with van der Waals surface area (Å²) in [6, 6.07) is 12.2. The van der Waals surface area contributed by atoms with E-state index in [4.69, 9.17) is 0 Å². The number of likely N-dealkylation sites (tertiary alicyclic amines) is 1. The van der Waals surface area contributed by atoms with E-state index in [0.717, 1.165) is 18.4 Å². The fourth-order valence-corrected chi connectivity index (χ4v) is 4.04. The van der Waals surface area contributed by atoms with Gasteiger partial charge in [0.15, 0.2) is 0 Å². The molecule has 1 aromatic carbocycles. The number of rotatable bonds is 7. The molecule has 3 aromatic rings. The third-order valence-corrected chi connectivity index (χ3v) is 5.90. The molecule has 8 nitrogen and oxygen atoms in total. The maximum absolute atomic E-state index is 12.8. The molecular weight excluding hydrogens is 404 g/mol. The van der Waals surface area contributed by atoms with Gasteiger partial charge >= 0.3 is 0 Å². The van der Waals surface area contributed by atoms with Crippen LogP contribution in [0.4, 0.5) is 5.82 Å². The molecule has 1 aliphatic heterocycles. The van der Waals surface area contributed by atoms with Crippen molar-refractivity contribution in [2.75, 3.05) is 18.4 Å². The van der Waals surface area contributed by atoms with Gasteiger partial charge in [0.2, 0.25) is 5.91 Å². The van der Waals surface area contributed by atoms with Gasteiger partial charge in [0.05, 0.1) is 24.0 Å². The lowest BCUT2D eigenvalue weighted by Gasteiger charge is -2.32. The molecule has 1 saturated heterocycles. The van der Waals surface area contributed by atoms with Crippen LogP contribution in [0.5, 0.6) is 0 Å². The van der Waals surface area contributed by atoms with Gasteiger partial charge in [0.25, 0.3) is 5.91 Å².